The maximum absolute atomic E-state index is 12.9. The monoisotopic (exact) mass is 497 g/mol. The quantitative estimate of drug-likeness (QED) is 0.458. The Hall–Kier alpha value is -2.14. The summed E-state index contributed by atoms with van der Waals surface area (Å²) in [6.45, 7) is 2.35. The van der Waals surface area contributed by atoms with Crippen LogP contribution >= 0.6 is 23.4 Å². The number of sulfonamides is 1. The van der Waals surface area contributed by atoms with Crippen LogP contribution in [0.1, 0.15) is 36.5 Å². The third-order valence-electron chi connectivity index (χ3n) is 4.99. The summed E-state index contributed by atoms with van der Waals surface area (Å²) in [5.41, 5.74) is 0.385. The third kappa shape index (κ3) is 5.61. The highest BCUT2D eigenvalue weighted by atomic mass is 35.5. The molecule has 0 spiro atoms. The number of thioether (sulfide) groups is 1. The standard InChI is InChI=1S/C21H24ClN3O5S2/c1-14(30-21(27)16-7-6-10-23-20(16)31-2)19(26)24-18-13-15(8-9-17(18)22)32(28,29)25-11-4-3-5-12-25/h6-10,13-14H,3-5,11-12H2,1-2H3,(H,24,26). The van der Waals surface area contributed by atoms with E-state index in [2.05, 4.69) is 10.3 Å². The van der Waals surface area contributed by atoms with Gasteiger partial charge in [0.2, 0.25) is 10.0 Å². The molecule has 172 valence electrons. The Bertz CT molecular complexity index is 1100. The highest BCUT2D eigenvalue weighted by Gasteiger charge is 2.27. The van der Waals surface area contributed by atoms with Crippen LogP contribution in [-0.4, -0.2) is 55.0 Å². The first kappa shape index (κ1) is 24.5. The van der Waals surface area contributed by atoms with Crippen molar-refractivity contribution in [3.8, 4) is 0 Å². The lowest BCUT2D eigenvalue weighted by molar-refractivity contribution is -0.123. The lowest BCUT2D eigenvalue weighted by atomic mass is 10.2. The maximum Gasteiger partial charge on any atom is 0.341 e. The number of ether oxygens (including phenoxy) is 1. The topological polar surface area (TPSA) is 106 Å². The number of halogens is 1. The molecular formula is C21H24ClN3O5S2. The summed E-state index contributed by atoms with van der Waals surface area (Å²) in [5.74, 6) is -1.32. The van der Waals surface area contributed by atoms with Crippen LogP contribution in [0.5, 0.6) is 0 Å². The molecular weight excluding hydrogens is 474 g/mol. The fourth-order valence-corrected chi connectivity index (χ4v) is 5.48. The third-order valence-corrected chi connectivity index (χ3v) is 7.92. The molecule has 1 saturated heterocycles. The Kier molecular flexibility index (Phi) is 8.16. The molecule has 3 rings (SSSR count). The molecule has 1 fully saturated rings. The minimum Gasteiger partial charge on any atom is -0.449 e. The number of hydrogen-bond acceptors (Lipinski definition) is 7. The zero-order valence-corrected chi connectivity index (χ0v) is 20.1. The van der Waals surface area contributed by atoms with E-state index < -0.39 is 28.0 Å². The van der Waals surface area contributed by atoms with Gasteiger partial charge in [-0.15, -0.1) is 11.8 Å². The zero-order valence-electron chi connectivity index (χ0n) is 17.7. The molecule has 0 radical (unpaired) electrons. The van der Waals surface area contributed by atoms with Crippen molar-refractivity contribution in [2.24, 2.45) is 0 Å². The van der Waals surface area contributed by atoms with E-state index in [1.165, 1.54) is 41.2 Å². The van der Waals surface area contributed by atoms with E-state index in [-0.39, 0.29) is 21.2 Å². The Morgan fingerprint density at radius 3 is 2.62 bits per heavy atom. The van der Waals surface area contributed by atoms with Crippen LogP contribution in [0.2, 0.25) is 5.02 Å². The van der Waals surface area contributed by atoms with Gasteiger partial charge in [-0.05, 0) is 56.4 Å². The first-order chi connectivity index (χ1) is 15.2. The first-order valence-corrected chi connectivity index (χ1v) is 13.1. The largest absolute Gasteiger partial charge is 0.449 e. The molecule has 2 heterocycles. The number of nitrogens with zero attached hydrogens (tertiary/aromatic N) is 2. The number of rotatable bonds is 7. The van der Waals surface area contributed by atoms with E-state index in [0.717, 1.165) is 19.3 Å². The summed E-state index contributed by atoms with van der Waals surface area (Å²) >= 11 is 7.47. The van der Waals surface area contributed by atoms with E-state index in [4.69, 9.17) is 16.3 Å². The highest BCUT2D eigenvalue weighted by Crippen LogP contribution is 2.28. The van der Waals surface area contributed by atoms with E-state index in [1.54, 1.807) is 24.6 Å². The van der Waals surface area contributed by atoms with Gasteiger partial charge in [-0.1, -0.05) is 18.0 Å². The molecule has 1 aliphatic heterocycles. The van der Waals surface area contributed by atoms with E-state index in [1.807, 2.05) is 0 Å². The molecule has 1 aromatic heterocycles. The number of anilines is 1. The van der Waals surface area contributed by atoms with Crippen molar-refractivity contribution in [3.63, 3.8) is 0 Å². The summed E-state index contributed by atoms with van der Waals surface area (Å²) in [4.78, 5) is 29.2. The molecule has 1 aromatic carbocycles. The second-order valence-corrected chi connectivity index (χ2v) is 10.3. The van der Waals surface area contributed by atoms with Crippen molar-refractivity contribution in [2.45, 2.75) is 42.2 Å². The molecule has 0 aliphatic carbocycles. The lowest BCUT2D eigenvalue weighted by Crippen LogP contribution is -2.35. The highest BCUT2D eigenvalue weighted by molar-refractivity contribution is 7.98. The predicted octanol–water partition coefficient (Wildman–Crippen LogP) is 3.82. The van der Waals surface area contributed by atoms with E-state index in [9.17, 15) is 18.0 Å². The number of hydrogen-bond donors (Lipinski definition) is 1. The van der Waals surface area contributed by atoms with Crippen molar-refractivity contribution < 1.29 is 22.7 Å². The lowest BCUT2D eigenvalue weighted by Gasteiger charge is -2.26. The van der Waals surface area contributed by atoms with Crippen molar-refractivity contribution in [3.05, 3.63) is 47.1 Å². The van der Waals surface area contributed by atoms with Gasteiger partial charge in [0.05, 0.1) is 21.2 Å². The number of benzene rings is 1. The number of carbonyl (C=O) groups excluding carboxylic acids is 2. The van der Waals surface area contributed by atoms with Crippen LogP contribution in [-0.2, 0) is 19.6 Å². The van der Waals surface area contributed by atoms with Gasteiger partial charge in [0.15, 0.2) is 6.10 Å². The van der Waals surface area contributed by atoms with E-state index in [0.29, 0.717) is 18.1 Å². The van der Waals surface area contributed by atoms with Gasteiger partial charge in [0.25, 0.3) is 5.91 Å². The van der Waals surface area contributed by atoms with Crippen LogP contribution in [0.4, 0.5) is 5.69 Å². The zero-order chi connectivity index (χ0) is 23.3. The molecule has 11 heteroatoms. The van der Waals surface area contributed by atoms with Crippen molar-refractivity contribution in [1.82, 2.24) is 9.29 Å². The summed E-state index contributed by atoms with van der Waals surface area (Å²) in [7, 11) is -3.69. The number of amides is 1. The van der Waals surface area contributed by atoms with Crippen LogP contribution in [0.25, 0.3) is 0 Å². The first-order valence-electron chi connectivity index (χ1n) is 10.0. The van der Waals surface area contributed by atoms with Gasteiger partial charge >= 0.3 is 5.97 Å². The average molecular weight is 498 g/mol. The van der Waals surface area contributed by atoms with E-state index >= 15 is 0 Å². The van der Waals surface area contributed by atoms with Crippen LogP contribution in [0, 0.1) is 0 Å². The fraction of sp³-hybridized carbons (Fsp3) is 0.381. The Labute approximate surface area is 196 Å². The minimum atomic E-state index is -3.69. The van der Waals surface area contributed by atoms with Crippen LogP contribution < -0.4 is 5.32 Å². The Balaban J connectivity index is 1.73. The van der Waals surface area contributed by atoms with Gasteiger partial charge in [-0.25, -0.2) is 18.2 Å². The number of piperidine rings is 1. The van der Waals surface area contributed by atoms with Crippen molar-refractivity contribution >= 4 is 50.9 Å². The molecule has 0 bridgehead atoms. The van der Waals surface area contributed by atoms with Crippen molar-refractivity contribution in [2.75, 3.05) is 24.7 Å². The Morgan fingerprint density at radius 2 is 1.94 bits per heavy atom. The molecule has 32 heavy (non-hydrogen) atoms. The summed E-state index contributed by atoms with van der Waals surface area (Å²) < 4.78 is 32.6. The summed E-state index contributed by atoms with van der Waals surface area (Å²) in [6, 6.07) is 7.33. The number of nitrogens with one attached hydrogen (secondary N) is 1. The van der Waals surface area contributed by atoms with Gasteiger partial charge in [-0.3, -0.25) is 4.79 Å². The summed E-state index contributed by atoms with van der Waals surface area (Å²) in [5, 5.41) is 3.22. The fourth-order valence-electron chi connectivity index (χ4n) is 3.24. The van der Waals surface area contributed by atoms with Crippen molar-refractivity contribution in [1.29, 1.82) is 0 Å². The molecule has 1 atom stereocenters. The minimum absolute atomic E-state index is 0.0451. The molecule has 1 N–H and O–H groups in total. The SMILES string of the molecule is CSc1ncccc1C(=O)OC(C)C(=O)Nc1cc(S(=O)(=O)N2CCCCC2)ccc1Cl. The predicted molar refractivity (Wildman–Crippen MR) is 124 cm³/mol. The maximum atomic E-state index is 12.9. The molecule has 1 unspecified atom stereocenters. The smallest absolute Gasteiger partial charge is 0.341 e. The van der Waals surface area contributed by atoms with Gasteiger partial charge < -0.3 is 10.1 Å². The number of carbonyl (C=O) groups is 2. The summed E-state index contributed by atoms with van der Waals surface area (Å²) in [6.07, 6.45) is 4.83. The van der Waals surface area contributed by atoms with Gasteiger partial charge in [-0.2, -0.15) is 4.31 Å². The average Bonchev–Trinajstić information content (AvgIpc) is 2.80. The second kappa shape index (κ2) is 10.7. The van der Waals surface area contributed by atoms with Gasteiger partial charge in [0.1, 0.15) is 5.03 Å². The van der Waals surface area contributed by atoms with Crippen LogP contribution in [0.3, 0.4) is 0 Å². The molecule has 0 saturated carbocycles. The Morgan fingerprint density at radius 1 is 1.22 bits per heavy atom. The second-order valence-electron chi connectivity index (χ2n) is 7.20. The number of esters is 1. The van der Waals surface area contributed by atoms with Gasteiger partial charge in [0, 0.05) is 19.3 Å². The number of aromatic nitrogens is 1. The number of pyridine rings is 1. The normalized spacial score (nSPS) is 15.7. The molecule has 1 aliphatic rings. The molecule has 8 nitrogen and oxygen atoms in total. The molecule has 1 amide bonds. The molecule has 2 aromatic rings. The van der Waals surface area contributed by atoms with Crippen LogP contribution in [0.15, 0.2) is 46.5 Å².